The average molecular weight is 518 g/mol. The Kier molecular flexibility index (Phi) is 9.57. The predicted molar refractivity (Wildman–Crippen MR) is 128 cm³/mol. The number of fused-ring (bicyclic) bond motifs is 1. The van der Waals surface area contributed by atoms with E-state index >= 15 is 0 Å². The Morgan fingerprint density at radius 3 is 2.47 bits per heavy atom. The molecule has 208 valence electrons. The van der Waals surface area contributed by atoms with Crippen LogP contribution >= 0.6 is 0 Å². The molecule has 0 aromatic rings. The number of amides is 1. The SMILES string of the molecule is C=C1C[C@](OC)([C@H](O)C(=O)N[C@H]2OCO[C@H]3[C@@H]2O[C@H](C[C@@H](O)COC)C(C)(C)[C@@H]3OC)O[C@H](C)[C@@H]1C. The van der Waals surface area contributed by atoms with E-state index < -0.39 is 60.0 Å². The van der Waals surface area contributed by atoms with Crippen LogP contribution < -0.4 is 5.32 Å². The van der Waals surface area contributed by atoms with Crippen LogP contribution in [0.25, 0.3) is 0 Å². The van der Waals surface area contributed by atoms with Gasteiger partial charge in [0.25, 0.3) is 5.91 Å². The standard InChI is InChI=1S/C25H43NO10/c1-13-10-25(32-8,36-15(3)14(13)2)20(28)22(29)26-23-19-18(33-12-34-23)21(31-7)24(4,5)17(35-19)9-16(27)11-30-6/h14-21,23,27-28H,1,9-12H2,2-8H3,(H,26,29)/t14-,15-,16-,17-,18+,19+,20-,21-,23+,25-/m1/s1. The molecule has 3 N–H and O–H groups in total. The molecule has 3 rings (SSSR count). The average Bonchev–Trinajstić information content (AvgIpc) is 2.82. The second kappa shape index (κ2) is 11.7. The smallest absolute Gasteiger partial charge is 0.256 e. The van der Waals surface area contributed by atoms with E-state index in [2.05, 4.69) is 11.9 Å². The summed E-state index contributed by atoms with van der Waals surface area (Å²) in [5, 5.41) is 24.2. The van der Waals surface area contributed by atoms with E-state index in [1.165, 1.54) is 14.2 Å². The zero-order valence-corrected chi connectivity index (χ0v) is 22.4. The number of ether oxygens (including phenoxy) is 7. The predicted octanol–water partition coefficient (Wildman–Crippen LogP) is 0.712. The number of carbonyl (C=O) groups is 1. The van der Waals surface area contributed by atoms with E-state index in [1.807, 2.05) is 27.7 Å². The minimum atomic E-state index is -1.66. The lowest BCUT2D eigenvalue weighted by Crippen LogP contribution is -2.69. The number of nitrogens with one attached hydrogen (secondary N) is 1. The number of hydrogen-bond donors (Lipinski definition) is 3. The van der Waals surface area contributed by atoms with Crippen molar-refractivity contribution in [1.82, 2.24) is 5.32 Å². The van der Waals surface area contributed by atoms with Crippen molar-refractivity contribution in [3.63, 3.8) is 0 Å². The molecular weight excluding hydrogens is 474 g/mol. The summed E-state index contributed by atoms with van der Waals surface area (Å²) in [4.78, 5) is 13.3. The van der Waals surface area contributed by atoms with Crippen molar-refractivity contribution in [2.45, 2.75) is 95.3 Å². The summed E-state index contributed by atoms with van der Waals surface area (Å²) in [6, 6.07) is 0. The van der Waals surface area contributed by atoms with Crippen molar-refractivity contribution < 1.29 is 48.2 Å². The van der Waals surface area contributed by atoms with Gasteiger partial charge in [-0.05, 0) is 6.92 Å². The number of rotatable bonds is 9. The molecule has 11 heteroatoms. The molecule has 1 amide bonds. The fourth-order valence-corrected chi connectivity index (χ4v) is 5.44. The van der Waals surface area contributed by atoms with Crippen LogP contribution in [0.3, 0.4) is 0 Å². The highest BCUT2D eigenvalue weighted by molar-refractivity contribution is 5.82. The fourth-order valence-electron chi connectivity index (χ4n) is 5.44. The molecule has 0 spiro atoms. The van der Waals surface area contributed by atoms with Crippen LogP contribution in [-0.2, 0) is 38.0 Å². The Morgan fingerprint density at radius 2 is 1.89 bits per heavy atom. The summed E-state index contributed by atoms with van der Waals surface area (Å²) >= 11 is 0. The van der Waals surface area contributed by atoms with Gasteiger partial charge in [-0.3, -0.25) is 4.79 Å². The summed E-state index contributed by atoms with van der Waals surface area (Å²) in [6.07, 6.45) is -5.39. The third-order valence-corrected chi connectivity index (χ3v) is 7.91. The van der Waals surface area contributed by atoms with E-state index in [1.54, 1.807) is 7.11 Å². The topological polar surface area (TPSA) is 134 Å². The van der Waals surface area contributed by atoms with Gasteiger partial charge in [-0.2, -0.15) is 0 Å². The van der Waals surface area contributed by atoms with Gasteiger partial charge in [0.15, 0.2) is 12.3 Å². The Morgan fingerprint density at radius 1 is 1.19 bits per heavy atom. The van der Waals surface area contributed by atoms with Gasteiger partial charge >= 0.3 is 0 Å². The van der Waals surface area contributed by atoms with Crippen LogP contribution in [0.15, 0.2) is 12.2 Å². The van der Waals surface area contributed by atoms with Gasteiger partial charge in [0, 0.05) is 45.5 Å². The third kappa shape index (κ3) is 5.64. The molecule has 3 aliphatic heterocycles. The van der Waals surface area contributed by atoms with Crippen LogP contribution in [0.2, 0.25) is 0 Å². The molecule has 0 saturated carbocycles. The third-order valence-electron chi connectivity index (χ3n) is 7.91. The van der Waals surface area contributed by atoms with Gasteiger partial charge in [-0.25, -0.2) is 0 Å². The quantitative estimate of drug-likeness (QED) is 0.376. The maximum atomic E-state index is 13.3. The molecule has 3 heterocycles. The molecule has 10 atom stereocenters. The lowest BCUT2D eigenvalue weighted by atomic mass is 9.72. The summed E-state index contributed by atoms with van der Waals surface area (Å²) in [5.41, 5.74) is 0.294. The van der Waals surface area contributed by atoms with Gasteiger partial charge in [-0.1, -0.05) is 32.9 Å². The zero-order chi connectivity index (χ0) is 26.8. The highest BCUT2D eigenvalue weighted by atomic mass is 16.7. The van der Waals surface area contributed by atoms with Gasteiger partial charge < -0.3 is 48.7 Å². The first-order valence-corrected chi connectivity index (χ1v) is 12.4. The molecule has 0 bridgehead atoms. The maximum absolute atomic E-state index is 13.3. The Bertz CT molecular complexity index is 778. The van der Waals surface area contributed by atoms with Gasteiger partial charge in [0.1, 0.15) is 19.0 Å². The molecule has 3 fully saturated rings. The molecule has 0 unspecified atom stereocenters. The second-order valence-corrected chi connectivity index (χ2v) is 10.6. The molecule has 0 aromatic carbocycles. The van der Waals surface area contributed by atoms with Gasteiger partial charge in [-0.15, -0.1) is 0 Å². The molecule has 11 nitrogen and oxygen atoms in total. The van der Waals surface area contributed by atoms with Crippen molar-refractivity contribution in [2.24, 2.45) is 11.3 Å². The van der Waals surface area contributed by atoms with E-state index in [9.17, 15) is 15.0 Å². The van der Waals surface area contributed by atoms with Crippen LogP contribution in [-0.4, -0.2) is 106 Å². The lowest BCUT2D eigenvalue weighted by Gasteiger charge is -2.54. The number of aliphatic hydroxyl groups excluding tert-OH is 2. The monoisotopic (exact) mass is 517 g/mol. The molecule has 0 radical (unpaired) electrons. The van der Waals surface area contributed by atoms with Crippen molar-refractivity contribution >= 4 is 5.91 Å². The minimum absolute atomic E-state index is 0.0542. The molecule has 0 aliphatic carbocycles. The number of carbonyl (C=O) groups excluding carboxylic acids is 1. The number of hydrogen-bond acceptors (Lipinski definition) is 10. The highest BCUT2D eigenvalue weighted by Crippen LogP contribution is 2.44. The van der Waals surface area contributed by atoms with Crippen molar-refractivity contribution in [2.75, 3.05) is 34.7 Å². The van der Waals surface area contributed by atoms with E-state index in [4.69, 9.17) is 33.2 Å². The number of methoxy groups -OCH3 is 3. The summed E-state index contributed by atoms with van der Waals surface area (Å²) < 4.78 is 40.4. The van der Waals surface area contributed by atoms with Crippen LogP contribution in [0.4, 0.5) is 0 Å². The normalized spacial score (nSPS) is 40.2. The van der Waals surface area contributed by atoms with Crippen LogP contribution in [0.1, 0.15) is 40.5 Å². The van der Waals surface area contributed by atoms with E-state index in [-0.39, 0.29) is 38.3 Å². The van der Waals surface area contributed by atoms with E-state index in [0.717, 1.165) is 5.57 Å². The van der Waals surface area contributed by atoms with Gasteiger partial charge in [0.05, 0.1) is 31.0 Å². The Hall–Kier alpha value is -1.15. The van der Waals surface area contributed by atoms with Gasteiger partial charge in [0.2, 0.25) is 5.79 Å². The first-order chi connectivity index (χ1) is 16.9. The minimum Gasteiger partial charge on any atom is -0.391 e. The van der Waals surface area contributed by atoms with Crippen LogP contribution in [0, 0.1) is 11.3 Å². The first-order valence-electron chi connectivity index (χ1n) is 12.4. The molecule has 36 heavy (non-hydrogen) atoms. The Labute approximate surface area is 213 Å². The zero-order valence-electron chi connectivity index (χ0n) is 22.4. The Balaban J connectivity index is 1.79. The second-order valence-electron chi connectivity index (χ2n) is 10.6. The van der Waals surface area contributed by atoms with E-state index in [0.29, 0.717) is 0 Å². The van der Waals surface area contributed by atoms with Crippen LogP contribution in [0.5, 0.6) is 0 Å². The van der Waals surface area contributed by atoms with Crippen molar-refractivity contribution in [3.05, 3.63) is 12.2 Å². The summed E-state index contributed by atoms with van der Waals surface area (Å²) in [7, 11) is 4.49. The first kappa shape index (κ1) is 29.4. The largest absolute Gasteiger partial charge is 0.391 e. The number of aliphatic hydroxyl groups is 2. The fraction of sp³-hybridized carbons (Fsp3) is 0.880. The van der Waals surface area contributed by atoms with Crippen molar-refractivity contribution in [1.29, 1.82) is 0 Å². The molecule has 3 saturated heterocycles. The summed E-state index contributed by atoms with van der Waals surface area (Å²) in [6.45, 7) is 11.9. The highest BCUT2D eigenvalue weighted by Gasteiger charge is 2.57. The maximum Gasteiger partial charge on any atom is 0.256 e. The molecule has 3 aliphatic rings. The molecule has 0 aromatic heterocycles. The molecular formula is C25H43NO10. The lowest BCUT2D eigenvalue weighted by molar-refractivity contribution is -0.333. The van der Waals surface area contributed by atoms with Crippen molar-refractivity contribution in [3.8, 4) is 0 Å². The summed E-state index contributed by atoms with van der Waals surface area (Å²) in [5.74, 6) is -2.26.